The van der Waals surface area contributed by atoms with E-state index in [4.69, 9.17) is 16.3 Å². The number of amides is 1. The first kappa shape index (κ1) is 28.2. The summed E-state index contributed by atoms with van der Waals surface area (Å²) in [5.74, 6) is -0.242. The summed E-state index contributed by atoms with van der Waals surface area (Å²) in [4.78, 5) is 61.4. The van der Waals surface area contributed by atoms with E-state index in [0.29, 0.717) is 29.7 Å². The van der Waals surface area contributed by atoms with Crippen LogP contribution < -0.4 is 16.1 Å². The fraction of sp³-hybridized carbons (Fsp3) is 0.500. The zero-order chi connectivity index (χ0) is 28.9. The van der Waals surface area contributed by atoms with E-state index in [2.05, 4.69) is 9.97 Å². The van der Waals surface area contributed by atoms with Crippen LogP contribution in [0.25, 0.3) is 16.9 Å². The van der Waals surface area contributed by atoms with Crippen molar-refractivity contribution in [2.24, 2.45) is 10.8 Å². The lowest BCUT2D eigenvalue weighted by Crippen LogP contribution is -2.59. The Morgan fingerprint density at radius 1 is 1.13 bits per heavy atom. The molecule has 2 N–H and O–H groups in total. The number of fused-ring (bicyclic) bond motifs is 1. The van der Waals surface area contributed by atoms with Gasteiger partial charge in [0.15, 0.2) is 17.9 Å². The van der Waals surface area contributed by atoms with Gasteiger partial charge in [-0.1, -0.05) is 44.5 Å². The van der Waals surface area contributed by atoms with Crippen molar-refractivity contribution in [1.82, 2.24) is 24.0 Å². The number of imidazole rings is 1. The molecule has 1 fully saturated rings. The average molecular weight is 561 g/mol. The van der Waals surface area contributed by atoms with Crippen LogP contribution in [0.4, 0.5) is 10.7 Å². The van der Waals surface area contributed by atoms with Gasteiger partial charge in [0, 0.05) is 19.6 Å². The Kier molecular flexibility index (Phi) is 7.28. The van der Waals surface area contributed by atoms with Crippen LogP contribution in [0.5, 0.6) is 0 Å². The number of hydrogen-bond acceptors (Lipinski definition) is 7. The molecule has 1 aliphatic heterocycles. The van der Waals surface area contributed by atoms with Crippen molar-refractivity contribution in [3.05, 3.63) is 50.1 Å². The second-order valence-corrected chi connectivity index (χ2v) is 12.1. The van der Waals surface area contributed by atoms with Crippen LogP contribution in [-0.4, -0.2) is 66.8 Å². The van der Waals surface area contributed by atoms with Crippen LogP contribution in [0.1, 0.15) is 41.5 Å². The van der Waals surface area contributed by atoms with E-state index >= 15 is 0 Å². The maximum absolute atomic E-state index is 13.7. The Labute approximate surface area is 229 Å². The molecule has 39 heavy (non-hydrogen) atoms. The van der Waals surface area contributed by atoms with Crippen LogP contribution in [0.3, 0.4) is 0 Å². The molecule has 1 aliphatic rings. The van der Waals surface area contributed by atoms with Crippen molar-refractivity contribution in [3.63, 3.8) is 0 Å². The molecular weight excluding hydrogens is 528 g/mol. The van der Waals surface area contributed by atoms with E-state index in [1.54, 1.807) is 49.6 Å². The van der Waals surface area contributed by atoms with E-state index in [-0.39, 0.29) is 23.8 Å². The van der Waals surface area contributed by atoms with E-state index in [1.165, 1.54) is 4.90 Å². The summed E-state index contributed by atoms with van der Waals surface area (Å²) in [7, 11) is 0. The minimum absolute atomic E-state index is 0.0336. The number of halogens is 1. The number of aromatic nitrogens is 4. The lowest BCUT2D eigenvalue weighted by Gasteiger charge is -2.46. The number of H-pyrrole nitrogens is 1. The van der Waals surface area contributed by atoms with Gasteiger partial charge in [0.05, 0.1) is 22.2 Å². The number of piperazine rings is 1. The number of anilines is 1. The SMILES string of the molecule is CC(C)(C)C(=O)OCn1c(=O)[nH]c2nc(N3CCN(C(=O)O)C(C(C)(C)C)C3)n(-c3ccccc3Cl)c2c1=O. The molecule has 0 aliphatic carbocycles. The third-order valence-corrected chi connectivity index (χ3v) is 7.04. The quantitative estimate of drug-likeness (QED) is 0.463. The Hall–Kier alpha value is -3.80. The topological polar surface area (TPSA) is 143 Å². The molecular formula is C26H33ClN6O6. The molecule has 0 radical (unpaired) electrons. The molecule has 2 aromatic heterocycles. The Morgan fingerprint density at radius 3 is 2.38 bits per heavy atom. The van der Waals surface area contributed by atoms with Crippen LogP contribution in [0.2, 0.25) is 5.02 Å². The van der Waals surface area contributed by atoms with E-state index in [0.717, 1.165) is 4.57 Å². The van der Waals surface area contributed by atoms with Gasteiger partial charge in [-0.25, -0.2) is 14.2 Å². The van der Waals surface area contributed by atoms with Gasteiger partial charge in [0.25, 0.3) is 5.56 Å². The third-order valence-electron chi connectivity index (χ3n) is 6.72. The van der Waals surface area contributed by atoms with Crippen LogP contribution in [-0.2, 0) is 16.3 Å². The predicted octanol–water partition coefficient (Wildman–Crippen LogP) is 3.29. The van der Waals surface area contributed by atoms with Crippen molar-refractivity contribution >= 4 is 40.8 Å². The highest BCUT2D eigenvalue weighted by Gasteiger charge is 2.39. The number of nitrogens with one attached hydrogen (secondary N) is 1. The minimum Gasteiger partial charge on any atom is -0.465 e. The molecule has 4 rings (SSSR count). The van der Waals surface area contributed by atoms with Gasteiger partial charge in [0.1, 0.15) is 0 Å². The number of aromatic amines is 1. The number of rotatable bonds is 4. The highest BCUT2D eigenvalue weighted by molar-refractivity contribution is 6.32. The molecule has 3 heterocycles. The van der Waals surface area contributed by atoms with E-state index in [9.17, 15) is 24.3 Å². The molecule has 0 saturated carbocycles. The summed E-state index contributed by atoms with van der Waals surface area (Å²) in [6.45, 7) is 11.1. The molecule has 1 saturated heterocycles. The number of benzene rings is 1. The first-order valence-corrected chi connectivity index (χ1v) is 12.9. The maximum atomic E-state index is 13.7. The number of carbonyl (C=O) groups excluding carboxylic acids is 1. The zero-order valence-electron chi connectivity index (χ0n) is 22.8. The molecule has 1 amide bonds. The molecule has 210 valence electrons. The standard InChI is InChI=1S/C26H33ClN6O6/c1-25(2,3)17-13-30(11-12-31(17)24(37)38)22-28-19-18(33(22)16-10-8-7-9-15(16)27)20(34)32(23(36)29-19)14-39-21(35)26(4,5)6/h7-10,17H,11-14H2,1-6H3,(H,29,36)(H,37,38). The summed E-state index contributed by atoms with van der Waals surface area (Å²) in [5, 5.41) is 10.1. The lowest BCUT2D eigenvalue weighted by atomic mass is 9.84. The van der Waals surface area contributed by atoms with Gasteiger partial charge in [-0.15, -0.1) is 0 Å². The Morgan fingerprint density at radius 2 is 1.79 bits per heavy atom. The molecule has 1 atom stereocenters. The summed E-state index contributed by atoms with van der Waals surface area (Å²) >= 11 is 6.57. The second-order valence-electron chi connectivity index (χ2n) is 11.7. The van der Waals surface area contributed by atoms with E-state index in [1.807, 2.05) is 25.7 Å². The van der Waals surface area contributed by atoms with Gasteiger partial charge in [0.2, 0.25) is 5.95 Å². The van der Waals surface area contributed by atoms with Crippen molar-refractivity contribution in [2.75, 3.05) is 24.5 Å². The van der Waals surface area contributed by atoms with Crippen LogP contribution >= 0.6 is 11.6 Å². The van der Waals surface area contributed by atoms with Gasteiger partial charge in [-0.2, -0.15) is 4.98 Å². The number of hydrogen-bond donors (Lipinski definition) is 2. The molecule has 12 nitrogen and oxygen atoms in total. The predicted molar refractivity (Wildman–Crippen MR) is 147 cm³/mol. The normalized spacial score (nSPS) is 16.5. The summed E-state index contributed by atoms with van der Waals surface area (Å²) < 4.78 is 7.62. The van der Waals surface area contributed by atoms with Crippen LogP contribution in [0, 0.1) is 10.8 Å². The van der Waals surface area contributed by atoms with E-state index < -0.39 is 40.9 Å². The smallest absolute Gasteiger partial charge is 0.407 e. The Bertz CT molecular complexity index is 1540. The van der Waals surface area contributed by atoms with Crippen molar-refractivity contribution in [3.8, 4) is 5.69 Å². The highest BCUT2D eigenvalue weighted by atomic mass is 35.5. The largest absolute Gasteiger partial charge is 0.465 e. The highest BCUT2D eigenvalue weighted by Crippen LogP contribution is 2.33. The summed E-state index contributed by atoms with van der Waals surface area (Å²) in [5.41, 5.74) is -2.19. The molecule has 0 bridgehead atoms. The number of esters is 1. The van der Waals surface area contributed by atoms with Crippen molar-refractivity contribution in [2.45, 2.75) is 54.3 Å². The van der Waals surface area contributed by atoms with Crippen molar-refractivity contribution < 1.29 is 19.4 Å². The molecule has 3 aromatic rings. The number of para-hydroxylation sites is 1. The average Bonchev–Trinajstić information content (AvgIpc) is 3.21. The minimum atomic E-state index is -1.01. The van der Waals surface area contributed by atoms with Gasteiger partial charge in [-0.3, -0.25) is 19.1 Å². The summed E-state index contributed by atoms with van der Waals surface area (Å²) in [6.07, 6.45) is -1.01. The number of carbonyl (C=O) groups is 2. The molecule has 0 spiro atoms. The monoisotopic (exact) mass is 560 g/mol. The lowest BCUT2D eigenvalue weighted by molar-refractivity contribution is -0.157. The number of ether oxygens (including phenoxy) is 1. The fourth-order valence-corrected chi connectivity index (χ4v) is 4.77. The van der Waals surface area contributed by atoms with Gasteiger partial charge < -0.3 is 19.6 Å². The number of carboxylic acid groups (broad SMARTS) is 1. The molecule has 1 aromatic carbocycles. The number of nitrogens with zero attached hydrogens (tertiary/aromatic N) is 5. The molecule has 13 heteroatoms. The first-order valence-electron chi connectivity index (χ1n) is 12.5. The Balaban J connectivity index is 1.90. The van der Waals surface area contributed by atoms with Crippen molar-refractivity contribution in [1.29, 1.82) is 0 Å². The summed E-state index contributed by atoms with van der Waals surface area (Å²) in [6, 6.07) is 6.51. The fourth-order valence-electron chi connectivity index (χ4n) is 4.55. The van der Waals surface area contributed by atoms with Gasteiger partial charge in [-0.05, 0) is 38.3 Å². The molecule has 1 unspecified atom stereocenters. The zero-order valence-corrected chi connectivity index (χ0v) is 23.6. The third kappa shape index (κ3) is 5.38. The first-order chi connectivity index (χ1) is 18.1. The van der Waals surface area contributed by atoms with Crippen LogP contribution in [0.15, 0.2) is 33.9 Å². The maximum Gasteiger partial charge on any atom is 0.407 e. The van der Waals surface area contributed by atoms with Gasteiger partial charge >= 0.3 is 17.8 Å². The second kappa shape index (κ2) is 10.1.